The van der Waals surface area contributed by atoms with Gasteiger partial charge in [0.25, 0.3) is 5.91 Å². The summed E-state index contributed by atoms with van der Waals surface area (Å²) in [5.74, 6) is -0.846. The zero-order valence-corrected chi connectivity index (χ0v) is 10.5. The summed E-state index contributed by atoms with van der Waals surface area (Å²) in [7, 11) is 0. The molecule has 2 rings (SSSR count). The summed E-state index contributed by atoms with van der Waals surface area (Å²) in [5.41, 5.74) is -0.910. The van der Waals surface area contributed by atoms with E-state index in [1.807, 2.05) is 0 Å². The van der Waals surface area contributed by atoms with Crippen molar-refractivity contribution in [1.82, 2.24) is 15.5 Å². The average Bonchev–Trinajstić information content (AvgIpc) is 2.62. The number of aliphatic hydroxyl groups excluding tert-OH is 1. The Bertz CT molecular complexity index is 392. The molecule has 1 spiro atoms. The molecule has 0 bridgehead atoms. The fourth-order valence-corrected chi connectivity index (χ4v) is 2.27. The molecular weight excluding hydrogens is 254 g/mol. The second-order valence-corrected chi connectivity index (χ2v) is 4.59. The van der Waals surface area contributed by atoms with Crippen molar-refractivity contribution < 1.29 is 24.2 Å². The molecule has 0 saturated carbocycles. The van der Waals surface area contributed by atoms with Crippen molar-refractivity contribution in [3.05, 3.63) is 0 Å². The summed E-state index contributed by atoms with van der Waals surface area (Å²) >= 11 is 0. The predicted molar refractivity (Wildman–Crippen MR) is 63.1 cm³/mol. The van der Waals surface area contributed by atoms with Crippen molar-refractivity contribution >= 4 is 17.8 Å². The van der Waals surface area contributed by atoms with Gasteiger partial charge in [-0.3, -0.25) is 14.5 Å². The minimum Gasteiger partial charge on any atom is -0.395 e. The van der Waals surface area contributed by atoms with Crippen molar-refractivity contribution in [2.75, 3.05) is 32.9 Å². The first-order valence-corrected chi connectivity index (χ1v) is 6.18. The molecule has 2 aliphatic rings. The lowest BCUT2D eigenvalue weighted by molar-refractivity contribution is -0.137. The van der Waals surface area contributed by atoms with E-state index in [0.717, 1.165) is 4.90 Å². The second-order valence-electron chi connectivity index (χ2n) is 4.59. The predicted octanol–water partition coefficient (Wildman–Crippen LogP) is -1.80. The minimum atomic E-state index is -0.910. The van der Waals surface area contributed by atoms with Gasteiger partial charge in [-0.1, -0.05) is 0 Å². The Labute approximate surface area is 110 Å². The van der Waals surface area contributed by atoms with Crippen molar-refractivity contribution in [3.63, 3.8) is 0 Å². The number of nitrogens with zero attached hydrogens (tertiary/aromatic N) is 1. The molecule has 0 atom stereocenters. The zero-order chi connectivity index (χ0) is 13.9. The van der Waals surface area contributed by atoms with Gasteiger partial charge in [-0.05, 0) is 0 Å². The van der Waals surface area contributed by atoms with Crippen LogP contribution in [0.2, 0.25) is 0 Å². The van der Waals surface area contributed by atoms with Crippen LogP contribution in [0.5, 0.6) is 0 Å². The lowest BCUT2D eigenvalue weighted by Crippen LogP contribution is -2.51. The molecule has 8 heteroatoms. The lowest BCUT2D eigenvalue weighted by Gasteiger charge is -2.30. The molecule has 8 nitrogen and oxygen atoms in total. The van der Waals surface area contributed by atoms with Crippen molar-refractivity contribution in [3.8, 4) is 0 Å². The topological polar surface area (TPSA) is 108 Å². The Morgan fingerprint density at radius 1 is 1.42 bits per heavy atom. The number of amides is 4. The van der Waals surface area contributed by atoms with E-state index in [-0.39, 0.29) is 25.6 Å². The highest BCUT2D eigenvalue weighted by atomic mass is 16.5. The van der Waals surface area contributed by atoms with Crippen molar-refractivity contribution in [1.29, 1.82) is 0 Å². The van der Waals surface area contributed by atoms with Gasteiger partial charge >= 0.3 is 6.03 Å². The molecule has 0 aromatic rings. The highest BCUT2D eigenvalue weighted by molar-refractivity contribution is 6.09. The summed E-state index contributed by atoms with van der Waals surface area (Å²) in [6.45, 7) is 0.412. The number of hydrogen-bond donors (Lipinski definition) is 3. The van der Waals surface area contributed by atoms with Gasteiger partial charge in [-0.25, -0.2) is 4.79 Å². The number of carbonyl (C=O) groups is 3. The Kier molecular flexibility index (Phi) is 4.01. The normalized spacial score (nSPS) is 21.6. The van der Waals surface area contributed by atoms with Crippen LogP contribution in [0, 0.1) is 0 Å². The maximum atomic E-state index is 12.3. The zero-order valence-electron chi connectivity index (χ0n) is 10.5. The molecule has 0 unspecified atom stereocenters. The molecule has 106 valence electrons. The fourth-order valence-electron chi connectivity index (χ4n) is 2.27. The van der Waals surface area contributed by atoms with Gasteiger partial charge in [-0.2, -0.15) is 0 Å². The lowest BCUT2D eigenvalue weighted by atomic mass is 9.90. The van der Waals surface area contributed by atoms with E-state index in [9.17, 15) is 14.4 Å². The molecule has 2 fully saturated rings. The minimum absolute atomic E-state index is 0.0987. The molecule has 2 heterocycles. The van der Waals surface area contributed by atoms with Crippen LogP contribution in [-0.4, -0.2) is 66.3 Å². The molecule has 19 heavy (non-hydrogen) atoms. The van der Waals surface area contributed by atoms with Crippen LogP contribution >= 0.6 is 0 Å². The summed E-state index contributed by atoms with van der Waals surface area (Å²) < 4.78 is 5.18. The van der Waals surface area contributed by atoms with Crippen LogP contribution in [0.1, 0.15) is 12.8 Å². The van der Waals surface area contributed by atoms with Gasteiger partial charge in [0.05, 0.1) is 6.61 Å². The first-order chi connectivity index (χ1) is 9.09. The molecule has 0 aliphatic carbocycles. The van der Waals surface area contributed by atoms with Crippen LogP contribution in [-0.2, 0) is 14.3 Å². The van der Waals surface area contributed by atoms with E-state index >= 15 is 0 Å². The van der Waals surface area contributed by atoms with Crippen molar-refractivity contribution in [2.24, 2.45) is 0 Å². The third-order valence-corrected chi connectivity index (χ3v) is 3.33. The van der Waals surface area contributed by atoms with E-state index in [1.165, 1.54) is 0 Å². The highest BCUT2D eigenvalue weighted by Gasteiger charge is 2.52. The highest BCUT2D eigenvalue weighted by Crippen LogP contribution is 2.28. The van der Waals surface area contributed by atoms with Gasteiger partial charge in [0.2, 0.25) is 5.91 Å². The van der Waals surface area contributed by atoms with Gasteiger partial charge in [0.15, 0.2) is 0 Å². The van der Waals surface area contributed by atoms with Crippen molar-refractivity contribution in [2.45, 2.75) is 18.4 Å². The third kappa shape index (κ3) is 2.69. The van der Waals surface area contributed by atoms with Gasteiger partial charge < -0.3 is 20.5 Å². The van der Waals surface area contributed by atoms with E-state index in [1.54, 1.807) is 0 Å². The number of carbonyl (C=O) groups excluding carboxylic acids is 3. The summed E-state index contributed by atoms with van der Waals surface area (Å²) in [6, 6.07) is -0.550. The van der Waals surface area contributed by atoms with E-state index in [4.69, 9.17) is 9.84 Å². The average molecular weight is 271 g/mol. The Morgan fingerprint density at radius 3 is 2.74 bits per heavy atom. The Balaban J connectivity index is 2.00. The number of aliphatic hydroxyl groups is 1. The van der Waals surface area contributed by atoms with Crippen LogP contribution in [0.3, 0.4) is 0 Å². The number of ether oxygens (including phenoxy) is 1. The first-order valence-electron chi connectivity index (χ1n) is 6.18. The Morgan fingerprint density at radius 2 is 2.11 bits per heavy atom. The number of nitrogens with one attached hydrogen (secondary N) is 2. The van der Waals surface area contributed by atoms with Gasteiger partial charge in [-0.15, -0.1) is 0 Å². The smallest absolute Gasteiger partial charge is 0.325 e. The van der Waals surface area contributed by atoms with Crippen LogP contribution < -0.4 is 10.6 Å². The Hall–Kier alpha value is -1.67. The second kappa shape index (κ2) is 5.54. The number of urea groups is 1. The molecular formula is C11H17N3O5. The maximum Gasteiger partial charge on any atom is 0.325 e. The molecule has 0 aromatic heterocycles. The standard InChI is InChI=1S/C11H17N3O5/c15-4-3-12-8(16)7-14-9(17)11(13-10(14)18)1-5-19-6-2-11/h15H,1-7H2,(H,12,16)(H,13,18). The number of rotatable bonds is 4. The molecule has 4 amide bonds. The third-order valence-electron chi connectivity index (χ3n) is 3.33. The van der Waals surface area contributed by atoms with Crippen LogP contribution in [0.4, 0.5) is 4.79 Å². The molecule has 0 aromatic carbocycles. The van der Waals surface area contributed by atoms with E-state index < -0.39 is 17.5 Å². The van der Waals surface area contributed by atoms with Gasteiger partial charge in [0, 0.05) is 32.6 Å². The SMILES string of the molecule is O=C(CN1C(=O)NC2(CCOCC2)C1=O)NCCO. The molecule has 2 saturated heterocycles. The van der Waals surface area contributed by atoms with E-state index in [2.05, 4.69) is 10.6 Å². The summed E-state index contributed by atoms with van der Waals surface area (Å²) in [4.78, 5) is 36.5. The largest absolute Gasteiger partial charge is 0.395 e. The summed E-state index contributed by atoms with van der Waals surface area (Å²) in [6.07, 6.45) is 0.846. The van der Waals surface area contributed by atoms with E-state index in [0.29, 0.717) is 26.1 Å². The maximum absolute atomic E-state index is 12.3. The van der Waals surface area contributed by atoms with Gasteiger partial charge in [0.1, 0.15) is 12.1 Å². The first kappa shape index (κ1) is 13.8. The number of imide groups is 1. The van der Waals surface area contributed by atoms with Crippen LogP contribution in [0.25, 0.3) is 0 Å². The molecule has 3 N–H and O–H groups in total. The molecule has 0 radical (unpaired) electrons. The monoisotopic (exact) mass is 271 g/mol. The van der Waals surface area contributed by atoms with Crippen LogP contribution in [0.15, 0.2) is 0 Å². The summed E-state index contributed by atoms with van der Waals surface area (Å²) in [5, 5.41) is 13.7. The number of hydrogen-bond acceptors (Lipinski definition) is 5. The molecule has 2 aliphatic heterocycles. The fraction of sp³-hybridized carbons (Fsp3) is 0.727. The quantitative estimate of drug-likeness (QED) is 0.523.